The maximum Gasteiger partial charge on any atom is 0.138 e. The summed E-state index contributed by atoms with van der Waals surface area (Å²) < 4.78 is 5.32. The molecule has 5 rings (SSSR count). The van der Waals surface area contributed by atoms with Crippen molar-refractivity contribution < 1.29 is 4.74 Å². The normalized spacial score (nSPS) is 11.3. The molecule has 0 radical (unpaired) electrons. The van der Waals surface area contributed by atoms with E-state index < -0.39 is 7.92 Å². The predicted molar refractivity (Wildman–Crippen MR) is 154 cm³/mol. The summed E-state index contributed by atoms with van der Waals surface area (Å²) in [5.74, 6) is 1.62. The minimum Gasteiger partial charge on any atom is -0.497 e. The Hall–Kier alpha value is -4.20. The maximum absolute atomic E-state index is 5.32. The number of hydrogen-bond acceptors (Lipinski definition) is 2. The SMILES string of the molecule is COc1ccc(NC(=Nc2ccccc2P(c2ccccc2)c2ccccc2)c2ccccc2)cc1. The van der Waals surface area contributed by atoms with E-state index in [1.165, 1.54) is 15.9 Å². The third kappa shape index (κ3) is 5.54. The number of methoxy groups -OCH3 is 1. The second-order valence-electron chi connectivity index (χ2n) is 8.18. The molecule has 0 aliphatic carbocycles. The summed E-state index contributed by atoms with van der Waals surface area (Å²) in [5.41, 5.74) is 2.92. The first-order valence-corrected chi connectivity index (χ1v) is 13.2. The van der Waals surface area contributed by atoms with Gasteiger partial charge in [-0.05, 0) is 48.9 Å². The molecule has 0 saturated carbocycles. The smallest absolute Gasteiger partial charge is 0.138 e. The summed E-state index contributed by atoms with van der Waals surface area (Å²) in [6, 6.07) is 48.1. The van der Waals surface area contributed by atoms with Crippen molar-refractivity contribution in [2.75, 3.05) is 12.4 Å². The van der Waals surface area contributed by atoms with Crippen LogP contribution in [0.5, 0.6) is 5.75 Å². The molecule has 0 aliphatic heterocycles. The van der Waals surface area contributed by atoms with Crippen LogP contribution in [-0.4, -0.2) is 12.9 Å². The molecule has 0 spiro atoms. The van der Waals surface area contributed by atoms with Gasteiger partial charge < -0.3 is 10.1 Å². The molecule has 0 amide bonds. The summed E-state index contributed by atoms with van der Waals surface area (Å²) in [6.45, 7) is 0. The van der Waals surface area contributed by atoms with Crippen molar-refractivity contribution in [3.63, 3.8) is 0 Å². The van der Waals surface area contributed by atoms with Crippen LogP contribution in [0.25, 0.3) is 0 Å². The molecule has 5 aromatic rings. The van der Waals surface area contributed by atoms with Gasteiger partial charge in [0.2, 0.25) is 0 Å². The van der Waals surface area contributed by atoms with Gasteiger partial charge in [-0.25, -0.2) is 4.99 Å². The minimum atomic E-state index is -0.784. The zero-order valence-corrected chi connectivity index (χ0v) is 21.0. The third-order valence-corrected chi connectivity index (χ3v) is 8.27. The van der Waals surface area contributed by atoms with E-state index in [0.717, 1.165) is 28.5 Å². The zero-order valence-electron chi connectivity index (χ0n) is 20.1. The molecule has 3 nitrogen and oxygen atoms in total. The maximum atomic E-state index is 5.32. The number of benzene rings is 5. The molecule has 4 heteroatoms. The van der Waals surface area contributed by atoms with E-state index in [1.807, 2.05) is 42.5 Å². The third-order valence-electron chi connectivity index (χ3n) is 5.78. The Morgan fingerprint density at radius 1 is 0.611 bits per heavy atom. The van der Waals surface area contributed by atoms with Crippen molar-refractivity contribution in [3.8, 4) is 5.75 Å². The predicted octanol–water partition coefficient (Wildman–Crippen LogP) is 6.64. The summed E-state index contributed by atoms with van der Waals surface area (Å²) in [6.07, 6.45) is 0. The molecule has 0 aromatic heterocycles. The fourth-order valence-electron chi connectivity index (χ4n) is 4.02. The van der Waals surface area contributed by atoms with Crippen molar-refractivity contribution in [3.05, 3.63) is 145 Å². The van der Waals surface area contributed by atoms with Crippen LogP contribution in [0.15, 0.2) is 145 Å². The highest BCUT2D eigenvalue weighted by molar-refractivity contribution is 7.80. The molecule has 0 saturated heterocycles. The van der Waals surface area contributed by atoms with Gasteiger partial charge in [-0.2, -0.15) is 0 Å². The van der Waals surface area contributed by atoms with Gasteiger partial charge in [0.05, 0.1) is 12.8 Å². The molecular weight excluding hydrogens is 459 g/mol. The Bertz CT molecular complexity index is 1380. The van der Waals surface area contributed by atoms with Gasteiger partial charge >= 0.3 is 0 Å². The van der Waals surface area contributed by atoms with Crippen molar-refractivity contribution >= 4 is 41.0 Å². The lowest BCUT2D eigenvalue weighted by atomic mass is 10.2. The highest BCUT2D eigenvalue weighted by Crippen LogP contribution is 2.36. The summed E-state index contributed by atoms with van der Waals surface area (Å²) in [5, 5.41) is 7.35. The van der Waals surface area contributed by atoms with Gasteiger partial charge in [-0.1, -0.05) is 109 Å². The van der Waals surface area contributed by atoms with E-state index in [1.54, 1.807) is 7.11 Å². The van der Waals surface area contributed by atoms with Crippen molar-refractivity contribution in [1.82, 2.24) is 0 Å². The largest absolute Gasteiger partial charge is 0.497 e. The Morgan fingerprint density at radius 3 is 1.72 bits per heavy atom. The molecule has 0 aliphatic rings. The van der Waals surface area contributed by atoms with Crippen molar-refractivity contribution in [2.45, 2.75) is 0 Å². The Labute approximate surface area is 213 Å². The number of nitrogens with one attached hydrogen (secondary N) is 1. The van der Waals surface area contributed by atoms with E-state index in [0.29, 0.717) is 0 Å². The lowest BCUT2D eigenvalue weighted by molar-refractivity contribution is 0.415. The first kappa shape index (κ1) is 23.5. The van der Waals surface area contributed by atoms with E-state index in [9.17, 15) is 0 Å². The Kier molecular flexibility index (Phi) is 7.51. The summed E-state index contributed by atoms with van der Waals surface area (Å²) in [7, 11) is 0.891. The summed E-state index contributed by atoms with van der Waals surface area (Å²) >= 11 is 0. The number of amidine groups is 1. The molecule has 36 heavy (non-hydrogen) atoms. The van der Waals surface area contributed by atoms with Crippen LogP contribution in [0.1, 0.15) is 5.56 Å². The molecular formula is C32H27N2OP. The average Bonchev–Trinajstić information content (AvgIpc) is 2.96. The molecule has 0 heterocycles. The van der Waals surface area contributed by atoms with Crippen LogP contribution >= 0.6 is 7.92 Å². The highest BCUT2D eigenvalue weighted by Gasteiger charge is 2.19. The fourth-order valence-corrected chi connectivity index (χ4v) is 6.41. The molecule has 176 valence electrons. The van der Waals surface area contributed by atoms with Gasteiger partial charge in [-0.3, -0.25) is 0 Å². The molecule has 0 unspecified atom stereocenters. The number of ether oxygens (including phenoxy) is 1. The zero-order chi connectivity index (χ0) is 24.6. The van der Waals surface area contributed by atoms with E-state index in [4.69, 9.17) is 9.73 Å². The van der Waals surface area contributed by atoms with Crippen LogP contribution in [-0.2, 0) is 0 Å². The molecule has 0 atom stereocenters. The molecule has 0 bridgehead atoms. The van der Waals surface area contributed by atoms with E-state index in [-0.39, 0.29) is 0 Å². The van der Waals surface area contributed by atoms with Gasteiger partial charge in [-0.15, -0.1) is 0 Å². The topological polar surface area (TPSA) is 33.6 Å². The average molecular weight is 487 g/mol. The second-order valence-corrected chi connectivity index (χ2v) is 10.4. The number of aliphatic imine (C=N–C) groups is 1. The fraction of sp³-hybridized carbons (Fsp3) is 0.0312. The Balaban J connectivity index is 1.63. The minimum absolute atomic E-state index is 0.784. The van der Waals surface area contributed by atoms with Crippen LogP contribution < -0.4 is 26.0 Å². The lowest BCUT2D eigenvalue weighted by Gasteiger charge is -2.21. The number of rotatable bonds is 7. The second kappa shape index (κ2) is 11.5. The number of para-hydroxylation sites is 1. The van der Waals surface area contributed by atoms with Crippen molar-refractivity contribution in [2.24, 2.45) is 4.99 Å². The van der Waals surface area contributed by atoms with Gasteiger partial charge in [0.25, 0.3) is 0 Å². The number of nitrogens with zero attached hydrogens (tertiary/aromatic N) is 1. The summed E-state index contributed by atoms with van der Waals surface area (Å²) in [4.78, 5) is 5.23. The number of anilines is 1. The van der Waals surface area contributed by atoms with Gasteiger partial charge in [0.1, 0.15) is 11.6 Å². The highest BCUT2D eigenvalue weighted by atomic mass is 31.1. The van der Waals surface area contributed by atoms with Crippen LogP contribution in [0.3, 0.4) is 0 Å². The quantitative estimate of drug-likeness (QED) is 0.159. The molecule has 0 fully saturated rings. The van der Waals surface area contributed by atoms with Crippen LogP contribution in [0.2, 0.25) is 0 Å². The van der Waals surface area contributed by atoms with Crippen LogP contribution in [0.4, 0.5) is 11.4 Å². The van der Waals surface area contributed by atoms with Crippen molar-refractivity contribution in [1.29, 1.82) is 0 Å². The molecule has 1 N–H and O–H groups in total. The first-order valence-electron chi connectivity index (χ1n) is 11.9. The van der Waals surface area contributed by atoms with Gasteiger partial charge in [0, 0.05) is 16.6 Å². The van der Waals surface area contributed by atoms with Crippen LogP contribution in [0, 0.1) is 0 Å². The lowest BCUT2D eigenvalue weighted by Crippen LogP contribution is -2.21. The monoisotopic (exact) mass is 486 g/mol. The van der Waals surface area contributed by atoms with Gasteiger partial charge in [0.15, 0.2) is 0 Å². The number of hydrogen-bond donors (Lipinski definition) is 1. The van der Waals surface area contributed by atoms with E-state index in [2.05, 4.69) is 102 Å². The molecule has 5 aromatic carbocycles. The Morgan fingerprint density at radius 2 is 1.14 bits per heavy atom. The first-order chi connectivity index (χ1) is 17.8. The standard InChI is InChI=1S/C32H27N2OP/c1-35-27-23-21-26(22-24-27)33-32(25-13-5-2-6-14-25)34-30-19-11-12-20-31(30)36(28-15-7-3-8-16-28)29-17-9-4-10-18-29/h2-24H,1H3,(H,33,34). The van der Waals surface area contributed by atoms with E-state index >= 15 is 0 Å².